The predicted octanol–water partition coefficient (Wildman–Crippen LogP) is 3.93. The van der Waals surface area contributed by atoms with E-state index >= 15 is 0 Å². The molecule has 4 rings (SSSR count). The van der Waals surface area contributed by atoms with Crippen molar-refractivity contribution in [3.05, 3.63) is 59.7 Å². The zero-order valence-electron chi connectivity index (χ0n) is 18.7. The number of carboxylic acids is 1. The number of carboxylic acid groups (broad SMARTS) is 1. The first-order chi connectivity index (χ1) is 15.9. The van der Waals surface area contributed by atoms with Crippen LogP contribution in [0.2, 0.25) is 0 Å². The fourth-order valence-corrected chi connectivity index (χ4v) is 5.78. The molecule has 0 bridgehead atoms. The predicted molar refractivity (Wildman–Crippen MR) is 127 cm³/mol. The lowest BCUT2D eigenvalue weighted by Gasteiger charge is -2.26. The number of hydrogen-bond donors (Lipinski definition) is 2. The van der Waals surface area contributed by atoms with E-state index in [9.17, 15) is 19.5 Å². The summed E-state index contributed by atoms with van der Waals surface area (Å²) in [6.45, 7) is 4.20. The number of benzene rings is 2. The third kappa shape index (κ3) is 4.85. The summed E-state index contributed by atoms with van der Waals surface area (Å²) in [6.07, 6.45) is -0.358. The molecule has 2 amide bonds. The van der Waals surface area contributed by atoms with Crippen molar-refractivity contribution in [3.63, 3.8) is 0 Å². The number of carbonyl (C=O) groups is 3. The Labute approximate surface area is 197 Å². The van der Waals surface area contributed by atoms with E-state index in [2.05, 4.69) is 29.6 Å². The molecule has 0 aromatic heterocycles. The van der Waals surface area contributed by atoms with Crippen LogP contribution in [0.1, 0.15) is 37.3 Å². The first kappa shape index (κ1) is 23.2. The van der Waals surface area contributed by atoms with Crippen LogP contribution >= 0.6 is 11.8 Å². The highest BCUT2D eigenvalue weighted by Crippen LogP contribution is 2.44. The number of thioether (sulfide) groups is 1. The molecule has 0 spiro atoms. The van der Waals surface area contributed by atoms with Gasteiger partial charge in [-0.15, -0.1) is 11.8 Å². The number of ether oxygens (including phenoxy) is 1. The molecule has 8 heteroatoms. The maximum absolute atomic E-state index is 12.7. The number of nitrogens with zero attached hydrogens (tertiary/aromatic N) is 1. The van der Waals surface area contributed by atoms with Crippen molar-refractivity contribution >= 4 is 29.7 Å². The van der Waals surface area contributed by atoms with Crippen molar-refractivity contribution in [1.82, 2.24) is 10.2 Å². The third-order valence-electron chi connectivity index (χ3n) is 6.26. The standard InChI is InChI=1S/C25H28N2O5S/c1-15(11-23(28)27-16(2)33-14-22(27)24(29)30)12-26-25(31)32-13-21-19-9-5-3-7-17(19)18-8-4-6-10-20(18)21/h3-10,15-16,21-22H,11-14H2,1-2H3,(H,26,31)(H,29,30). The smallest absolute Gasteiger partial charge is 0.407 e. The van der Waals surface area contributed by atoms with E-state index in [4.69, 9.17) is 4.74 Å². The Morgan fingerprint density at radius 1 is 1.12 bits per heavy atom. The van der Waals surface area contributed by atoms with E-state index in [1.807, 2.05) is 38.1 Å². The molecule has 1 saturated heterocycles. The molecule has 1 fully saturated rings. The van der Waals surface area contributed by atoms with Crippen LogP contribution in [0.25, 0.3) is 11.1 Å². The zero-order valence-corrected chi connectivity index (χ0v) is 19.5. The lowest BCUT2D eigenvalue weighted by Crippen LogP contribution is -2.45. The van der Waals surface area contributed by atoms with Crippen molar-refractivity contribution in [2.75, 3.05) is 18.9 Å². The molecule has 2 aliphatic rings. The van der Waals surface area contributed by atoms with Gasteiger partial charge < -0.3 is 20.1 Å². The quantitative estimate of drug-likeness (QED) is 0.639. The molecule has 0 saturated carbocycles. The van der Waals surface area contributed by atoms with Gasteiger partial charge in [-0.25, -0.2) is 9.59 Å². The largest absolute Gasteiger partial charge is 0.480 e. The van der Waals surface area contributed by atoms with Gasteiger partial charge in [-0.3, -0.25) is 4.79 Å². The van der Waals surface area contributed by atoms with Crippen LogP contribution in [0, 0.1) is 5.92 Å². The van der Waals surface area contributed by atoms with Gasteiger partial charge in [-0.1, -0.05) is 55.5 Å². The van der Waals surface area contributed by atoms with Crippen molar-refractivity contribution in [2.45, 2.75) is 37.6 Å². The molecule has 0 radical (unpaired) electrons. The maximum atomic E-state index is 12.7. The highest BCUT2D eigenvalue weighted by molar-refractivity contribution is 8.00. The normalized spacial score (nSPS) is 20.1. The number of carbonyl (C=O) groups excluding carboxylic acids is 2. The molecule has 1 aliphatic heterocycles. The Balaban J connectivity index is 1.28. The number of amides is 2. The molecule has 3 atom stereocenters. The van der Waals surface area contributed by atoms with E-state index in [1.165, 1.54) is 27.8 Å². The number of alkyl carbamates (subject to hydrolysis) is 1. The highest BCUT2D eigenvalue weighted by atomic mass is 32.2. The summed E-state index contributed by atoms with van der Waals surface area (Å²) in [5.41, 5.74) is 4.64. The van der Waals surface area contributed by atoms with Crippen LogP contribution < -0.4 is 5.32 Å². The number of fused-ring (bicyclic) bond motifs is 3. The van der Waals surface area contributed by atoms with Crippen molar-refractivity contribution < 1.29 is 24.2 Å². The fraction of sp³-hybridized carbons (Fsp3) is 0.400. The molecule has 1 aliphatic carbocycles. The first-order valence-electron chi connectivity index (χ1n) is 11.1. The van der Waals surface area contributed by atoms with Gasteiger partial charge in [0, 0.05) is 24.6 Å². The average molecular weight is 469 g/mol. The van der Waals surface area contributed by atoms with Gasteiger partial charge in [0.1, 0.15) is 12.6 Å². The van der Waals surface area contributed by atoms with Crippen LogP contribution in [0.4, 0.5) is 4.79 Å². The summed E-state index contributed by atoms with van der Waals surface area (Å²) in [7, 11) is 0. The molecule has 1 heterocycles. The van der Waals surface area contributed by atoms with Gasteiger partial charge in [0.2, 0.25) is 5.91 Å². The lowest BCUT2D eigenvalue weighted by atomic mass is 9.98. The van der Waals surface area contributed by atoms with Gasteiger partial charge >= 0.3 is 12.1 Å². The van der Waals surface area contributed by atoms with Crippen LogP contribution in [0.3, 0.4) is 0 Å². The van der Waals surface area contributed by atoms with Crippen LogP contribution in [-0.4, -0.2) is 58.3 Å². The van der Waals surface area contributed by atoms with E-state index in [0.717, 1.165) is 11.1 Å². The van der Waals surface area contributed by atoms with E-state index in [-0.39, 0.29) is 42.7 Å². The van der Waals surface area contributed by atoms with Gasteiger partial charge in [-0.2, -0.15) is 0 Å². The Hall–Kier alpha value is -3.00. The third-order valence-corrected chi connectivity index (χ3v) is 7.48. The second-order valence-electron chi connectivity index (χ2n) is 8.60. The van der Waals surface area contributed by atoms with Crippen molar-refractivity contribution in [1.29, 1.82) is 0 Å². The number of aliphatic carboxylic acids is 1. The molecular formula is C25H28N2O5S. The SMILES string of the molecule is CC(CNC(=O)OCC1c2ccccc2-c2ccccc21)CC(=O)N1C(C)SCC1C(=O)O. The van der Waals surface area contributed by atoms with Gasteiger partial charge in [-0.05, 0) is 35.1 Å². The van der Waals surface area contributed by atoms with Crippen LogP contribution in [-0.2, 0) is 14.3 Å². The summed E-state index contributed by atoms with van der Waals surface area (Å²) in [4.78, 5) is 37.9. The van der Waals surface area contributed by atoms with Crippen molar-refractivity contribution in [3.8, 4) is 11.1 Å². The lowest BCUT2D eigenvalue weighted by molar-refractivity contribution is -0.149. The molecule has 2 N–H and O–H groups in total. The Morgan fingerprint density at radius 3 is 2.33 bits per heavy atom. The minimum absolute atomic E-state index is 0.00995. The van der Waals surface area contributed by atoms with E-state index in [1.54, 1.807) is 0 Å². The van der Waals surface area contributed by atoms with Gasteiger partial charge in [0.25, 0.3) is 0 Å². The molecular weight excluding hydrogens is 440 g/mol. The topological polar surface area (TPSA) is 95.9 Å². The van der Waals surface area contributed by atoms with E-state index < -0.39 is 18.1 Å². The molecule has 33 heavy (non-hydrogen) atoms. The Kier molecular flexibility index (Phi) is 6.93. The summed E-state index contributed by atoms with van der Waals surface area (Å²) < 4.78 is 5.53. The summed E-state index contributed by atoms with van der Waals surface area (Å²) in [5, 5.41) is 11.9. The molecule has 3 unspecified atom stereocenters. The maximum Gasteiger partial charge on any atom is 0.407 e. The fourth-order valence-electron chi connectivity index (χ4n) is 4.59. The number of rotatable bonds is 7. The second-order valence-corrected chi connectivity index (χ2v) is 9.95. The average Bonchev–Trinajstić information content (AvgIpc) is 3.34. The first-order valence-corrected chi connectivity index (χ1v) is 12.2. The second kappa shape index (κ2) is 9.87. The number of nitrogens with one attached hydrogen (secondary N) is 1. The molecule has 174 valence electrons. The monoisotopic (exact) mass is 468 g/mol. The molecule has 2 aromatic carbocycles. The Morgan fingerprint density at radius 2 is 1.73 bits per heavy atom. The van der Waals surface area contributed by atoms with E-state index in [0.29, 0.717) is 5.75 Å². The van der Waals surface area contributed by atoms with Gasteiger partial charge in [0.05, 0.1) is 5.37 Å². The van der Waals surface area contributed by atoms with Crippen molar-refractivity contribution in [2.24, 2.45) is 5.92 Å². The van der Waals surface area contributed by atoms with Crippen LogP contribution in [0.15, 0.2) is 48.5 Å². The molecule has 2 aromatic rings. The highest BCUT2D eigenvalue weighted by Gasteiger charge is 2.39. The zero-order chi connectivity index (χ0) is 23.5. The summed E-state index contributed by atoms with van der Waals surface area (Å²) in [6, 6.07) is 15.5. The minimum Gasteiger partial charge on any atom is -0.480 e. The minimum atomic E-state index is -0.982. The van der Waals surface area contributed by atoms with Crippen LogP contribution in [0.5, 0.6) is 0 Å². The molecule has 7 nitrogen and oxygen atoms in total. The summed E-state index contributed by atoms with van der Waals surface area (Å²) >= 11 is 1.46. The summed E-state index contributed by atoms with van der Waals surface area (Å²) in [5.74, 6) is -0.949. The Bertz CT molecular complexity index is 1010. The number of hydrogen-bond acceptors (Lipinski definition) is 5. The van der Waals surface area contributed by atoms with Gasteiger partial charge in [0.15, 0.2) is 0 Å².